The molecule has 0 saturated heterocycles. The van der Waals surface area contributed by atoms with E-state index in [1.54, 1.807) is 6.20 Å². The van der Waals surface area contributed by atoms with Crippen LogP contribution in [0.2, 0.25) is 0 Å². The van der Waals surface area contributed by atoms with Gasteiger partial charge in [-0.05, 0) is 46.1 Å². The molecule has 2 rings (SSSR count). The van der Waals surface area contributed by atoms with E-state index in [0.29, 0.717) is 10.9 Å². The molecule has 1 N–H and O–H groups in total. The molecule has 7 heteroatoms. The molecule has 1 heterocycles. The lowest BCUT2D eigenvalue weighted by molar-refractivity contribution is 0.549. The molecule has 4 nitrogen and oxygen atoms in total. The fraction of sp³-hybridized carbons (Fsp3) is 0.214. The highest BCUT2D eigenvalue weighted by Crippen LogP contribution is 2.22. The highest BCUT2D eigenvalue weighted by Gasteiger charge is 2.20. The highest BCUT2D eigenvalue weighted by atomic mass is 79.9. The first-order valence-electron chi connectivity index (χ1n) is 6.30. The van der Waals surface area contributed by atoms with Crippen LogP contribution in [0.4, 0.5) is 0 Å². The Labute approximate surface area is 141 Å². The fourth-order valence-electron chi connectivity index (χ4n) is 1.88. The fourth-order valence-corrected chi connectivity index (χ4v) is 3.95. The molecule has 0 radical (unpaired) electrons. The third kappa shape index (κ3) is 4.35. The molecule has 0 bridgehead atoms. The van der Waals surface area contributed by atoms with Crippen molar-refractivity contribution in [2.75, 3.05) is 0 Å². The summed E-state index contributed by atoms with van der Waals surface area (Å²) >= 11 is 6.60. The molecule has 1 unspecified atom stereocenters. The van der Waals surface area contributed by atoms with Gasteiger partial charge in [0.25, 0.3) is 0 Å². The SMILES string of the molecule is CCC(NS(=O)(=O)c1cncc(Br)c1)c1ccc(Br)cc1. The van der Waals surface area contributed by atoms with Crippen LogP contribution in [-0.4, -0.2) is 13.4 Å². The monoisotopic (exact) mass is 432 g/mol. The zero-order valence-corrected chi connectivity index (χ0v) is 15.2. The van der Waals surface area contributed by atoms with Gasteiger partial charge in [0.1, 0.15) is 4.90 Å². The van der Waals surface area contributed by atoms with E-state index in [9.17, 15) is 8.42 Å². The molecule has 0 fully saturated rings. The van der Waals surface area contributed by atoms with Crippen molar-refractivity contribution in [3.05, 3.63) is 57.2 Å². The maximum absolute atomic E-state index is 12.4. The Hall–Kier alpha value is -0.760. The minimum atomic E-state index is -3.61. The van der Waals surface area contributed by atoms with Gasteiger partial charge in [-0.3, -0.25) is 4.98 Å². The molecule has 0 aliphatic heterocycles. The maximum Gasteiger partial charge on any atom is 0.242 e. The van der Waals surface area contributed by atoms with Crippen LogP contribution in [0.1, 0.15) is 24.9 Å². The second kappa shape index (κ2) is 7.00. The number of nitrogens with zero attached hydrogens (tertiary/aromatic N) is 1. The predicted molar refractivity (Wildman–Crippen MR) is 89.4 cm³/mol. The smallest absolute Gasteiger partial charge is 0.242 e. The first kappa shape index (κ1) is 16.6. The summed E-state index contributed by atoms with van der Waals surface area (Å²) in [5.74, 6) is 0. The largest absolute Gasteiger partial charge is 0.262 e. The van der Waals surface area contributed by atoms with E-state index in [0.717, 1.165) is 10.0 Å². The van der Waals surface area contributed by atoms with Crippen molar-refractivity contribution in [1.82, 2.24) is 9.71 Å². The minimum Gasteiger partial charge on any atom is -0.262 e. The Morgan fingerprint density at radius 1 is 1.14 bits per heavy atom. The number of nitrogens with one attached hydrogen (secondary N) is 1. The van der Waals surface area contributed by atoms with Gasteiger partial charge in [0, 0.05) is 27.4 Å². The van der Waals surface area contributed by atoms with E-state index in [1.165, 1.54) is 12.3 Å². The highest BCUT2D eigenvalue weighted by molar-refractivity contribution is 9.10. The van der Waals surface area contributed by atoms with Gasteiger partial charge in [0.05, 0.1) is 0 Å². The average Bonchev–Trinajstić information content (AvgIpc) is 2.46. The summed E-state index contributed by atoms with van der Waals surface area (Å²) in [6, 6.07) is 8.85. The first-order valence-corrected chi connectivity index (χ1v) is 9.37. The van der Waals surface area contributed by atoms with Gasteiger partial charge in [-0.25, -0.2) is 13.1 Å². The minimum absolute atomic E-state index is 0.146. The lowest BCUT2D eigenvalue weighted by atomic mass is 10.1. The molecule has 112 valence electrons. The number of hydrogen-bond acceptors (Lipinski definition) is 3. The summed E-state index contributed by atoms with van der Waals surface area (Å²) in [6.45, 7) is 1.94. The Morgan fingerprint density at radius 2 is 1.81 bits per heavy atom. The van der Waals surface area contributed by atoms with E-state index < -0.39 is 10.0 Å². The molecule has 2 aromatic rings. The zero-order valence-electron chi connectivity index (χ0n) is 11.3. The molecule has 0 saturated carbocycles. The molecule has 0 aliphatic carbocycles. The quantitative estimate of drug-likeness (QED) is 0.773. The summed E-state index contributed by atoms with van der Waals surface area (Å²) in [5.41, 5.74) is 0.923. The first-order chi connectivity index (χ1) is 9.92. The van der Waals surface area contributed by atoms with Crippen molar-refractivity contribution in [3.8, 4) is 0 Å². The normalized spacial score (nSPS) is 13.1. The van der Waals surface area contributed by atoms with Crippen LogP contribution in [-0.2, 0) is 10.0 Å². The standard InChI is InChI=1S/C14H14Br2N2O2S/c1-2-14(10-3-5-11(15)6-4-10)18-21(19,20)13-7-12(16)8-17-9-13/h3-9,14,18H,2H2,1H3. The molecule has 21 heavy (non-hydrogen) atoms. The summed E-state index contributed by atoms with van der Waals surface area (Å²) in [4.78, 5) is 4.04. The second-order valence-electron chi connectivity index (χ2n) is 4.47. The third-order valence-corrected chi connectivity index (χ3v) is 5.37. The number of aromatic nitrogens is 1. The lowest BCUT2D eigenvalue weighted by Gasteiger charge is -2.17. The van der Waals surface area contributed by atoms with E-state index in [4.69, 9.17) is 0 Å². The number of rotatable bonds is 5. The van der Waals surface area contributed by atoms with Crippen LogP contribution < -0.4 is 4.72 Å². The van der Waals surface area contributed by atoms with Gasteiger partial charge < -0.3 is 0 Å². The van der Waals surface area contributed by atoms with Crippen LogP contribution in [0.15, 0.2) is 56.6 Å². The summed E-state index contributed by atoms with van der Waals surface area (Å²) < 4.78 is 29.1. The number of hydrogen-bond donors (Lipinski definition) is 1. The van der Waals surface area contributed by atoms with E-state index in [1.807, 2.05) is 31.2 Å². The van der Waals surface area contributed by atoms with E-state index in [2.05, 4.69) is 41.6 Å². The van der Waals surface area contributed by atoms with Gasteiger partial charge >= 0.3 is 0 Å². The van der Waals surface area contributed by atoms with Crippen molar-refractivity contribution in [3.63, 3.8) is 0 Å². The molecule has 1 aromatic carbocycles. The average molecular weight is 434 g/mol. The molecular weight excluding hydrogens is 420 g/mol. The Bertz CT molecular complexity index is 718. The van der Waals surface area contributed by atoms with Crippen molar-refractivity contribution >= 4 is 41.9 Å². The zero-order chi connectivity index (χ0) is 15.5. The molecule has 0 spiro atoms. The number of halogens is 2. The van der Waals surface area contributed by atoms with Gasteiger partial charge in [0.15, 0.2) is 0 Å². The Kier molecular flexibility index (Phi) is 5.54. The van der Waals surface area contributed by atoms with Crippen molar-refractivity contribution in [2.45, 2.75) is 24.3 Å². The topological polar surface area (TPSA) is 59.1 Å². The summed E-state index contributed by atoms with van der Waals surface area (Å²) in [5, 5.41) is 0. The van der Waals surface area contributed by atoms with E-state index >= 15 is 0 Å². The van der Waals surface area contributed by atoms with Gasteiger partial charge in [0.2, 0.25) is 10.0 Å². The molecular formula is C14H14Br2N2O2S. The van der Waals surface area contributed by atoms with Gasteiger partial charge in [-0.2, -0.15) is 0 Å². The van der Waals surface area contributed by atoms with Crippen molar-refractivity contribution in [1.29, 1.82) is 0 Å². The van der Waals surface area contributed by atoms with Crippen LogP contribution in [0.5, 0.6) is 0 Å². The van der Waals surface area contributed by atoms with Gasteiger partial charge in [-0.1, -0.05) is 35.0 Å². The van der Waals surface area contributed by atoms with E-state index in [-0.39, 0.29) is 10.9 Å². The molecule has 0 aliphatic rings. The molecule has 1 atom stereocenters. The van der Waals surface area contributed by atoms with Crippen LogP contribution >= 0.6 is 31.9 Å². The number of pyridine rings is 1. The van der Waals surface area contributed by atoms with Crippen LogP contribution in [0, 0.1) is 0 Å². The second-order valence-corrected chi connectivity index (χ2v) is 8.02. The van der Waals surface area contributed by atoms with Crippen LogP contribution in [0.25, 0.3) is 0 Å². The molecule has 0 amide bonds. The Balaban J connectivity index is 2.27. The molecule has 1 aromatic heterocycles. The predicted octanol–water partition coefficient (Wildman–Crippen LogP) is 4.04. The van der Waals surface area contributed by atoms with Crippen LogP contribution in [0.3, 0.4) is 0 Å². The maximum atomic E-state index is 12.4. The summed E-state index contributed by atoms with van der Waals surface area (Å²) in [7, 11) is -3.61. The number of sulfonamides is 1. The third-order valence-electron chi connectivity index (χ3n) is 2.97. The van der Waals surface area contributed by atoms with Gasteiger partial charge in [-0.15, -0.1) is 0 Å². The number of benzene rings is 1. The van der Waals surface area contributed by atoms with Crippen molar-refractivity contribution < 1.29 is 8.42 Å². The van der Waals surface area contributed by atoms with Crippen molar-refractivity contribution in [2.24, 2.45) is 0 Å². The lowest BCUT2D eigenvalue weighted by Crippen LogP contribution is -2.28. The Morgan fingerprint density at radius 3 is 2.38 bits per heavy atom. The summed E-state index contributed by atoms with van der Waals surface area (Å²) in [6.07, 6.45) is 3.54.